The van der Waals surface area contributed by atoms with E-state index in [0.29, 0.717) is 11.2 Å². The summed E-state index contributed by atoms with van der Waals surface area (Å²) in [6.45, 7) is 1.42. The van der Waals surface area contributed by atoms with Gasteiger partial charge in [0.1, 0.15) is 0 Å². The van der Waals surface area contributed by atoms with Crippen LogP contribution in [0.5, 0.6) is 0 Å². The smallest absolute Gasteiger partial charge is 0.365 e. The minimum atomic E-state index is -1.04. The summed E-state index contributed by atoms with van der Waals surface area (Å²) in [7, 11) is 0. The Kier molecular flexibility index (Phi) is 2.57. The second-order valence-corrected chi connectivity index (χ2v) is 4.22. The Morgan fingerprint density at radius 3 is 2.81 bits per heavy atom. The van der Waals surface area contributed by atoms with E-state index in [1.54, 1.807) is 18.2 Å². The summed E-state index contributed by atoms with van der Waals surface area (Å²) in [5, 5.41) is 11.5. The zero-order chi connectivity index (χ0) is 11.7. The number of nitrogens with zero attached hydrogens (tertiary/aromatic N) is 1. The van der Waals surface area contributed by atoms with Gasteiger partial charge in [-0.15, -0.1) is 11.3 Å². The fraction of sp³-hybridized carbons (Fsp3) is 0.100. The first kappa shape index (κ1) is 10.6. The molecule has 0 spiro atoms. The number of hydrogen-bond acceptors (Lipinski definition) is 4. The van der Waals surface area contributed by atoms with Crippen LogP contribution in [0.25, 0.3) is 10.2 Å². The lowest BCUT2D eigenvalue weighted by atomic mass is 10.3. The highest BCUT2D eigenvalue weighted by molar-refractivity contribution is 7.20. The predicted molar refractivity (Wildman–Crippen MR) is 60.9 cm³/mol. The maximum atomic E-state index is 10.8. The minimum Gasteiger partial charge on any atom is -0.476 e. The van der Waals surface area contributed by atoms with Gasteiger partial charge in [-0.2, -0.15) is 0 Å². The molecule has 6 heteroatoms. The van der Waals surface area contributed by atoms with Gasteiger partial charge in [0.25, 0.3) is 0 Å². The molecule has 2 rings (SSSR count). The molecule has 0 fully saturated rings. The van der Waals surface area contributed by atoms with Gasteiger partial charge in [0.05, 0.1) is 10.2 Å². The zero-order valence-corrected chi connectivity index (χ0v) is 9.17. The van der Waals surface area contributed by atoms with Gasteiger partial charge in [-0.25, -0.2) is 9.78 Å². The van der Waals surface area contributed by atoms with Crippen molar-refractivity contribution in [2.24, 2.45) is 0 Å². The summed E-state index contributed by atoms with van der Waals surface area (Å²) in [4.78, 5) is 25.5. The van der Waals surface area contributed by atoms with E-state index in [0.717, 1.165) is 16.0 Å². The van der Waals surface area contributed by atoms with Crippen molar-refractivity contribution < 1.29 is 14.7 Å². The summed E-state index contributed by atoms with van der Waals surface area (Å²) in [6, 6.07) is 5.08. The van der Waals surface area contributed by atoms with Gasteiger partial charge < -0.3 is 10.4 Å². The third kappa shape index (κ3) is 2.01. The van der Waals surface area contributed by atoms with Gasteiger partial charge in [0.2, 0.25) is 10.9 Å². The van der Waals surface area contributed by atoms with Gasteiger partial charge in [0, 0.05) is 12.6 Å². The van der Waals surface area contributed by atoms with Crippen molar-refractivity contribution in [1.29, 1.82) is 0 Å². The molecule has 0 radical (unpaired) electrons. The SMILES string of the molecule is CC(=O)Nc1ccc2nc(C(=O)O)sc2c1. The first-order chi connectivity index (χ1) is 7.56. The maximum Gasteiger partial charge on any atom is 0.365 e. The fourth-order valence-corrected chi connectivity index (χ4v) is 2.14. The van der Waals surface area contributed by atoms with Gasteiger partial charge in [-0.3, -0.25) is 4.79 Å². The number of hydrogen-bond donors (Lipinski definition) is 2. The Labute approximate surface area is 94.7 Å². The molecule has 0 atom stereocenters. The quantitative estimate of drug-likeness (QED) is 0.835. The van der Waals surface area contributed by atoms with E-state index in [1.807, 2.05) is 0 Å². The molecule has 2 N–H and O–H groups in total. The van der Waals surface area contributed by atoms with E-state index in [4.69, 9.17) is 5.11 Å². The lowest BCUT2D eigenvalue weighted by molar-refractivity contribution is -0.114. The molecule has 1 aromatic carbocycles. The van der Waals surface area contributed by atoms with Gasteiger partial charge in [0.15, 0.2) is 0 Å². The Bertz CT molecular complexity index is 576. The Morgan fingerprint density at radius 2 is 2.19 bits per heavy atom. The lowest BCUT2D eigenvalue weighted by Crippen LogP contribution is -2.05. The monoisotopic (exact) mass is 236 g/mol. The molecule has 5 nitrogen and oxygen atoms in total. The molecule has 82 valence electrons. The third-order valence-corrected chi connectivity index (χ3v) is 2.90. The highest BCUT2D eigenvalue weighted by Crippen LogP contribution is 2.25. The summed E-state index contributed by atoms with van der Waals surface area (Å²) in [5.41, 5.74) is 1.26. The summed E-state index contributed by atoms with van der Waals surface area (Å²) < 4.78 is 0.739. The van der Waals surface area contributed by atoms with Crippen molar-refractivity contribution in [2.75, 3.05) is 5.32 Å². The molecule has 0 aliphatic rings. The van der Waals surface area contributed by atoms with Crippen LogP contribution in [0.2, 0.25) is 0 Å². The van der Waals surface area contributed by atoms with Crippen molar-refractivity contribution in [3.05, 3.63) is 23.2 Å². The molecule has 16 heavy (non-hydrogen) atoms. The highest BCUT2D eigenvalue weighted by Gasteiger charge is 2.10. The number of carbonyl (C=O) groups excluding carboxylic acids is 1. The second kappa shape index (κ2) is 3.90. The molecule has 1 heterocycles. The third-order valence-electron chi connectivity index (χ3n) is 1.89. The fourth-order valence-electron chi connectivity index (χ4n) is 1.30. The van der Waals surface area contributed by atoms with Crippen molar-refractivity contribution >= 4 is 39.1 Å². The number of anilines is 1. The molecule has 0 bridgehead atoms. The minimum absolute atomic E-state index is 0.0509. The predicted octanol–water partition coefficient (Wildman–Crippen LogP) is 1.95. The zero-order valence-electron chi connectivity index (χ0n) is 8.35. The van der Waals surface area contributed by atoms with Gasteiger partial charge in [-0.05, 0) is 18.2 Å². The van der Waals surface area contributed by atoms with Crippen molar-refractivity contribution in [1.82, 2.24) is 4.98 Å². The molecule has 0 aliphatic carbocycles. The standard InChI is InChI=1S/C10H8N2O3S/c1-5(13)11-6-2-3-7-8(4-6)16-9(12-7)10(14)15/h2-4H,1H3,(H,11,13)(H,14,15). The molecule has 0 unspecified atom stereocenters. The summed E-state index contributed by atoms with van der Waals surface area (Å²) >= 11 is 1.08. The number of carbonyl (C=O) groups is 2. The number of rotatable bonds is 2. The summed E-state index contributed by atoms with van der Waals surface area (Å²) in [5.74, 6) is -1.20. The molecular formula is C10H8N2O3S. The Balaban J connectivity index is 2.45. The average Bonchev–Trinajstić information content (AvgIpc) is 2.59. The molecule has 0 saturated carbocycles. The van der Waals surface area contributed by atoms with E-state index in [1.165, 1.54) is 6.92 Å². The first-order valence-corrected chi connectivity index (χ1v) is 5.29. The van der Waals surface area contributed by atoms with Crippen LogP contribution in [-0.4, -0.2) is 22.0 Å². The van der Waals surface area contributed by atoms with E-state index >= 15 is 0 Å². The van der Waals surface area contributed by atoms with Crippen molar-refractivity contribution in [3.63, 3.8) is 0 Å². The molecule has 1 aromatic heterocycles. The number of nitrogens with one attached hydrogen (secondary N) is 1. The number of fused-ring (bicyclic) bond motifs is 1. The van der Waals surface area contributed by atoms with Crippen LogP contribution < -0.4 is 5.32 Å². The Hall–Kier alpha value is -1.95. The average molecular weight is 236 g/mol. The summed E-state index contributed by atoms with van der Waals surface area (Å²) in [6.07, 6.45) is 0. The van der Waals surface area contributed by atoms with Gasteiger partial charge in [-0.1, -0.05) is 0 Å². The normalized spacial score (nSPS) is 10.3. The first-order valence-electron chi connectivity index (χ1n) is 4.48. The molecule has 2 aromatic rings. The van der Waals surface area contributed by atoms with Crippen molar-refractivity contribution in [2.45, 2.75) is 6.92 Å². The molecule has 1 amide bonds. The number of aromatic carboxylic acids is 1. The van der Waals surface area contributed by atoms with Gasteiger partial charge >= 0.3 is 5.97 Å². The number of amides is 1. The number of benzene rings is 1. The van der Waals surface area contributed by atoms with Crippen LogP contribution in [0.4, 0.5) is 5.69 Å². The Morgan fingerprint density at radius 1 is 1.44 bits per heavy atom. The molecule has 0 aliphatic heterocycles. The van der Waals surface area contributed by atoms with Crippen LogP contribution in [0.3, 0.4) is 0 Å². The number of carboxylic acid groups (broad SMARTS) is 1. The number of aromatic nitrogens is 1. The van der Waals surface area contributed by atoms with Crippen molar-refractivity contribution in [3.8, 4) is 0 Å². The maximum absolute atomic E-state index is 10.8. The van der Waals surface area contributed by atoms with Crippen LogP contribution in [0, 0.1) is 0 Å². The van der Waals surface area contributed by atoms with Crippen LogP contribution in [0.1, 0.15) is 16.7 Å². The highest BCUT2D eigenvalue weighted by atomic mass is 32.1. The number of thiazole rings is 1. The topological polar surface area (TPSA) is 79.3 Å². The van der Waals surface area contributed by atoms with E-state index < -0.39 is 5.97 Å². The van der Waals surface area contributed by atoms with E-state index in [9.17, 15) is 9.59 Å². The molecular weight excluding hydrogens is 228 g/mol. The van der Waals surface area contributed by atoms with E-state index in [-0.39, 0.29) is 10.9 Å². The van der Waals surface area contributed by atoms with Crippen LogP contribution in [-0.2, 0) is 4.79 Å². The molecule has 0 saturated heterocycles. The number of carboxylic acids is 1. The van der Waals surface area contributed by atoms with Crippen LogP contribution in [0.15, 0.2) is 18.2 Å². The van der Waals surface area contributed by atoms with Crippen LogP contribution >= 0.6 is 11.3 Å². The van der Waals surface area contributed by atoms with E-state index in [2.05, 4.69) is 10.3 Å². The lowest BCUT2D eigenvalue weighted by Gasteiger charge is -1.99. The second-order valence-electron chi connectivity index (χ2n) is 3.19. The largest absolute Gasteiger partial charge is 0.476 e.